The van der Waals surface area contributed by atoms with Gasteiger partial charge in [0.1, 0.15) is 5.69 Å². The molecule has 1 amide bonds. The van der Waals surface area contributed by atoms with Crippen LogP contribution in [0.3, 0.4) is 0 Å². The van der Waals surface area contributed by atoms with Crippen LogP contribution in [-0.2, 0) is 21.6 Å². The molecule has 126 valence electrons. The van der Waals surface area contributed by atoms with Crippen molar-refractivity contribution in [3.63, 3.8) is 0 Å². The van der Waals surface area contributed by atoms with Crippen LogP contribution in [0.5, 0.6) is 0 Å². The summed E-state index contributed by atoms with van der Waals surface area (Å²) in [6.07, 6.45) is -0.413. The Morgan fingerprint density at radius 2 is 2.09 bits per heavy atom. The summed E-state index contributed by atoms with van der Waals surface area (Å²) >= 11 is 0. The number of carboxylic acids is 1. The van der Waals surface area contributed by atoms with E-state index in [1.807, 2.05) is 0 Å². The monoisotopic (exact) mass is 343 g/mol. The highest BCUT2D eigenvalue weighted by atomic mass is 32.2. The molecular formula is C13H17N3O6S. The van der Waals surface area contributed by atoms with Crippen molar-refractivity contribution in [3.05, 3.63) is 17.5 Å². The molecule has 0 spiro atoms. The van der Waals surface area contributed by atoms with Gasteiger partial charge in [0, 0.05) is 39.2 Å². The molecule has 23 heavy (non-hydrogen) atoms. The predicted octanol–water partition coefficient (Wildman–Crippen LogP) is -0.998. The number of carbonyl (C=O) groups excluding carboxylic acids is 1. The van der Waals surface area contributed by atoms with E-state index in [0.717, 1.165) is 0 Å². The van der Waals surface area contributed by atoms with Gasteiger partial charge in [-0.25, -0.2) is 13.2 Å². The van der Waals surface area contributed by atoms with Crippen LogP contribution in [-0.4, -0.2) is 77.4 Å². The summed E-state index contributed by atoms with van der Waals surface area (Å²) in [5.41, 5.74) is -0.105. The van der Waals surface area contributed by atoms with Crippen LogP contribution in [0.4, 0.5) is 0 Å². The number of amides is 1. The fraction of sp³-hybridized carbons (Fsp3) is 0.615. The van der Waals surface area contributed by atoms with Crippen molar-refractivity contribution in [2.75, 3.05) is 26.0 Å². The summed E-state index contributed by atoms with van der Waals surface area (Å²) in [5.74, 6) is -1.91. The van der Waals surface area contributed by atoms with Crippen LogP contribution >= 0.6 is 0 Å². The molecule has 1 aromatic heterocycles. The molecule has 0 bridgehead atoms. The highest BCUT2D eigenvalue weighted by molar-refractivity contribution is 7.92. The van der Waals surface area contributed by atoms with Crippen molar-refractivity contribution in [2.45, 2.75) is 11.4 Å². The van der Waals surface area contributed by atoms with E-state index in [9.17, 15) is 18.0 Å². The fourth-order valence-electron chi connectivity index (χ4n) is 3.35. The van der Waals surface area contributed by atoms with E-state index in [2.05, 4.69) is 5.10 Å². The van der Waals surface area contributed by atoms with Gasteiger partial charge in [-0.2, -0.15) is 5.10 Å². The number of aromatic carboxylic acids is 1. The van der Waals surface area contributed by atoms with Gasteiger partial charge in [0.2, 0.25) is 0 Å². The molecule has 2 aliphatic heterocycles. The first-order chi connectivity index (χ1) is 10.7. The summed E-state index contributed by atoms with van der Waals surface area (Å²) in [5, 5.41) is 12.1. The first-order valence-electron chi connectivity index (χ1n) is 7.05. The third-order valence-corrected chi connectivity index (χ3v) is 6.77. The van der Waals surface area contributed by atoms with Crippen LogP contribution < -0.4 is 0 Å². The highest BCUT2D eigenvalue weighted by Gasteiger charge is 2.53. The zero-order valence-corrected chi connectivity index (χ0v) is 13.5. The Balaban J connectivity index is 1.85. The lowest BCUT2D eigenvalue weighted by atomic mass is 10.0. The van der Waals surface area contributed by atoms with Gasteiger partial charge >= 0.3 is 5.97 Å². The van der Waals surface area contributed by atoms with Gasteiger partial charge in [-0.05, 0) is 0 Å². The van der Waals surface area contributed by atoms with E-state index in [4.69, 9.17) is 9.84 Å². The number of sulfone groups is 1. The second kappa shape index (κ2) is 5.31. The molecule has 3 heterocycles. The van der Waals surface area contributed by atoms with Crippen molar-refractivity contribution >= 4 is 21.7 Å². The maximum atomic E-state index is 12.6. The van der Waals surface area contributed by atoms with E-state index in [1.54, 1.807) is 0 Å². The number of carbonyl (C=O) groups is 2. The van der Waals surface area contributed by atoms with E-state index in [-0.39, 0.29) is 36.1 Å². The lowest BCUT2D eigenvalue weighted by Gasteiger charge is -2.19. The number of carboxylic acid groups (broad SMARTS) is 1. The normalized spacial score (nSPS) is 28.8. The lowest BCUT2D eigenvalue weighted by molar-refractivity contribution is 0.0675. The number of hydrogen-bond donors (Lipinski definition) is 1. The Kier molecular flexibility index (Phi) is 3.68. The third-order valence-electron chi connectivity index (χ3n) is 4.55. The summed E-state index contributed by atoms with van der Waals surface area (Å²) in [7, 11) is -0.344. The van der Waals surface area contributed by atoms with Gasteiger partial charge in [-0.1, -0.05) is 0 Å². The van der Waals surface area contributed by atoms with Crippen molar-refractivity contribution < 1.29 is 27.9 Å². The average Bonchev–Trinajstić information content (AvgIpc) is 3.13. The topological polar surface area (TPSA) is 119 Å². The number of ether oxygens (including phenoxy) is 1. The number of aryl methyl sites for hydroxylation is 1. The number of nitrogens with zero attached hydrogens (tertiary/aromatic N) is 3. The molecule has 0 aliphatic carbocycles. The van der Waals surface area contributed by atoms with E-state index < -0.39 is 33.1 Å². The van der Waals surface area contributed by atoms with E-state index in [1.165, 1.54) is 29.8 Å². The molecule has 3 atom stereocenters. The number of likely N-dealkylation sites (tertiary alicyclic amines) is 1. The Morgan fingerprint density at radius 3 is 2.65 bits per heavy atom. The number of rotatable bonds is 3. The molecule has 2 aliphatic rings. The SMILES string of the molecule is CO[C@@H]1CS(=O)(=O)[C@H]2CN(C(=O)c3cc(C(=O)O)nn3C)C[C@@H]12. The van der Waals surface area contributed by atoms with E-state index >= 15 is 0 Å². The van der Waals surface area contributed by atoms with Gasteiger partial charge in [-0.3, -0.25) is 9.48 Å². The predicted molar refractivity (Wildman–Crippen MR) is 77.9 cm³/mol. The van der Waals surface area contributed by atoms with E-state index in [0.29, 0.717) is 0 Å². The van der Waals surface area contributed by atoms with Crippen LogP contribution in [0.25, 0.3) is 0 Å². The van der Waals surface area contributed by atoms with Crippen molar-refractivity contribution in [3.8, 4) is 0 Å². The van der Waals surface area contributed by atoms with Crippen LogP contribution in [0.1, 0.15) is 21.0 Å². The fourth-order valence-corrected chi connectivity index (χ4v) is 5.64. The zero-order valence-electron chi connectivity index (χ0n) is 12.7. The minimum atomic E-state index is -3.29. The Hall–Kier alpha value is -1.94. The molecule has 0 radical (unpaired) electrons. The summed E-state index contributed by atoms with van der Waals surface area (Å²) in [4.78, 5) is 24.9. The second-order valence-corrected chi connectivity index (χ2v) is 8.12. The average molecular weight is 343 g/mol. The first kappa shape index (κ1) is 15.9. The molecule has 2 saturated heterocycles. The smallest absolute Gasteiger partial charge is 0.356 e. The number of aromatic nitrogens is 2. The molecule has 1 N–H and O–H groups in total. The van der Waals surface area contributed by atoms with Gasteiger partial charge in [-0.15, -0.1) is 0 Å². The molecule has 1 aromatic rings. The van der Waals surface area contributed by atoms with Crippen molar-refractivity contribution in [1.29, 1.82) is 0 Å². The number of methoxy groups -OCH3 is 1. The van der Waals surface area contributed by atoms with Crippen molar-refractivity contribution in [1.82, 2.24) is 14.7 Å². The molecular weight excluding hydrogens is 326 g/mol. The minimum absolute atomic E-state index is 0.0181. The molecule has 2 fully saturated rings. The van der Waals surface area contributed by atoms with Gasteiger partial charge in [0.05, 0.1) is 17.1 Å². The number of hydrogen-bond acceptors (Lipinski definition) is 6. The molecule has 3 rings (SSSR count). The van der Waals surface area contributed by atoms with Gasteiger partial charge in [0.25, 0.3) is 5.91 Å². The Labute approximate surface area is 132 Å². The zero-order chi connectivity index (χ0) is 16.9. The molecule has 0 aromatic carbocycles. The molecule has 0 unspecified atom stereocenters. The summed E-state index contributed by atoms with van der Waals surface area (Å²) in [6.45, 7) is 0.369. The van der Waals surface area contributed by atoms with Gasteiger partial charge in [0.15, 0.2) is 15.5 Å². The first-order valence-corrected chi connectivity index (χ1v) is 8.77. The lowest BCUT2D eigenvalue weighted by Crippen LogP contribution is -2.34. The van der Waals surface area contributed by atoms with Crippen LogP contribution in [0.2, 0.25) is 0 Å². The third kappa shape index (κ3) is 2.51. The van der Waals surface area contributed by atoms with Crippen molar-refractivity contribution in [2.24, 2.45) is 13.0 Å². The Bertz CT molecular complexity index is 771. The Morgan fingerprint density at radius 1 is 1.39 bits per heavy atom. The summed E-state index contributed by atoms with van der Waals surface area (Å²) in [6, 6.07) is 1.20. The maximum absolute atomic E-state index is 12.6. The largest absolute Gasteiger partial charge is 0.476 e. The quantitative estimate of drug-likeness (QED) is 0.748. The second-order valence-electron chi connectivity index (χ2n) is 5.86. The molecule has 9 nitrogen and oxygen atoms in total. The summed E-state index contributed by atoms with van der Waals surface area (Å²) < 4.78 is 30.8. The van der Waals surface area contributed by atoms with Gasteiger partial charge < -0.3 is 14.7 Å². The number of fused-ring (bicyclic) bond motifs is 1. The minimum Gasteiger partial charge on any atom is -0.476 e. The molecule has 0 saturated carbocycles. The van der Waals surface area contributed by atoms with Crippen LogP contribution in [0.15, 0.2) is 6.07 Å². The molecule has 10 heteroatoms. The van der Waals surface area contributed by atoms with Crippen LogP contribution in [0, 0.1) is 5.92 Å². The standard InChI is InChI=1S/C13H17N3O6S/c1-15-9(3-8(14-15)13(18)19)12(17)16-4-7-10(22-2)6-23(20,21)11(7)5-16/h3,7,10-11H,4-6H2,1-2H3,(H,18,19)/t7-,10+,11-/m0/s1. The highest BCUT2D eigenvalue weighted by Crippen LogP contribution is 2.35. The maximum Gasteiger partial charge on any atom is 0.356 e.